The van der Waals surface area contributed by atoms with Gasteiger partial charge in [0, 0.05) is 18.5 Å². The first-order chi connectivity index (χ1) is 11.6. The number of amides is 1. The van der Waals surface area contributed by atoms with Crippen LogP contribution in [0.4, 0.5) is 0 Å². The number of nitrogens with one attached hydrogen (secondary N) is 1. The molecular formula is C17H21N3O4. The molecule has 0 bridgehead atoms. The SMILES string of the molecule is CCCNC(=O)COC(=O)c1nn(CCC)c(=O)c2ccccc12. The number of ether oxygens (including phenoxy) is 1. The van der Waals surface area contributed by atoms with E-state index in [2.05, 4.69) is 10.4 Å². The van der Waals surface area contributed by atoms with Crippen molar-refractivity contribution >= 4 is 22.6 Å². The van der Waals surface area contributed by atoms with Gasteiger partial charge in [-0.25, -0.2) is 9.48 Å². The van der Waals surface area contributed by atoms with Crippen LogP contribution < -0.4 is 10.9 Å². The van der Waals surface area contributed by atoms with Crippen molar-refractivity contribution in [1.29, 1.82) is 0 Å². The lowest BCUT2D eigenvalue weighted by molar-refractivity contribution is -0.124. The summed E-state index contributed by atoms with van der Waals surface area (Å²) in [4.78, 5) is 36.2. The molecule has 1 heterocycles. The number of nitrogens with zero attached hydrogens (tertiary/aromatic N) is 2. The third-order valence-corrected chi connectivity index (χ3v) is 3.40. The number of hydrogen-bond acceptors (Lipinski definition) is 5. The number of carbonyl (C=O) groups is 2. The average molecular weight is 331 g/mol. The first-order valence-corrected chi connectivity index (χ1v) is 8.02. The van der Waals surface area contributed by atoms with Crippen LogP contribution in [0.15, 0.2) is 29.1 Å². The Labute approximate surface area is 139 Å². The molecule has 2 aromatic rings. The van der Waals surface area contributed by atoms with Gasteiger partial charge in [-0.3, -0.25) is 9.59 Å². The van der Waals surface area contributed by atoms with Crippen LogP contribution in [0.2, 0.25) is 0 Å². The van der Waals surface area contributed by atoms with Crippen LogP contribution in [0.5, 0.6) is 0 Å². The zero-order valence-electron chi connectivity index (χ0n) is 13.9. The molecule has 1 aromatic heterocycles. The molecule has 24 heavy (non-hydrogen) atoms. The molecule has 0 saturated heterocycles. The number of fused-ring (bicyclic) bond motifs is 1. The van der Waals surface area contributed by atoms with Gasteiger partial charge in [0.25, 0.3) is 11.5 Å². The van der Waals surface area contributed by atoms with Crippen molar-refractivity contribution in [2.75, 3.05) is 13.2 Å². The van der Waals surface area contributed by atoms with Crippen molar-refractivity contribution in [3.05, 3.63) is 40.3 Å². The van der Waals surface area contributed by atoms with Gasteiger partial charge in [0.2, 0.25) is 0 Å². The predicted octanol–water partition coefficient (Wildman–Crippen LogP) is 1.49. The van der Waals surface area contributed by atoms with E-state index in [1.165, 1.54) is 4.68 Å². The molecular weight excluding hydrogens is 310 g/mol. The monoisotopic (exact) mass is 331 g/mol. The van der Waals surface area contributed by atoms with E-state index in [0.717, 1.165) is 6.42 Å². The molecule has 0 atom stereocenters. The number of rotatable bonds is 7. The van der Waals surface area contributed by atoms with Crippen molar-refractivity contribution in [1.82, 2.24) is 15.1 Å². The Hall–Kier alpha value is -2.70. The number of carbonyl (C=O) groups excluding carboxylic acids is 2. The Kier molecular flexibility index (Phi) is 6.06. The zero-order valence-corrected chi connectivity index (χ0v) is 13.9. The standard InChI is InChI=1S/C17H21N3O4/c1-3-9-18-14(21)11-24-17(23)15-12-7-5-6-8-13(12)16(22)20(19-15)10-4-2/h5-8H,3-4,9-11H2,1-2H3,(H,18,21). The first kappa shape index (κ1) is 17.7. The normalized spacial score (nSPS) is 10.6. The van der Waals surface area contributed by atoms with E-state index in [-0.39, 0.29) is 23.8 Å². The van der Waals surface area contributed by atoms with E-state index >= 15 is 0 Å². The second kappa shape index (κ2) is 8.24. The summed E-state index contributed by atoms with van der Waals surface area (Å²) in [5.74, 6) is -1.08. The molecule has 0 aliphatic rings. The summed E-state index contributed by atoms with van der Waals surface area (Å²) in [6.07, 6.45) is 1.51. The molecule has 0 saturated carbocycles. The number of hydrogen-bond donors (Lipinski definition) is 1. The number of benzene rings is 1. The molecule has 0 unspecified atom stereocenters. The number of aromatic nitrogens is 2. The summed E-state index contributed by atoms with van der Waals surface area (Å²) in [5, 5.41) is 7.58. The Bertz CT molecular complexity index is 798. The second-order valence-corrected chi connectivity index (χ2v) is 5.35. The molecule has 1 amide bonds. The maximum atomic E-state index is 12.4. The number of esters is 1. The first-order valence-electron chi connectivity index (χ1n) is 8.02. The fourth-order valence-electron chi connectivity index (χ4n) is 2.26. The van der Waals surface area contributed by atoms with Crippen LogP contribution in [0.1, 0.15) is 37.2 Å². The van der Waals surface area contributed by atoms with Gasteiger partial charge in [-0.15, -0.1) is 0 Å². The maximum absolute atomic E-state index is 12.4. The van der Waals surface area contributed by atoms with Crippen molar-refractivity contribution in [3.63, 3.8) is 0 Å². The lowest BCUT2D eigenvalue weighted by Gasteiger charge is -2.10. The number of aryl methyl sites for hydroxylation is 1. The topological polar surface area (TPSA) is 90.3 Å². The van der Waals surface area contributed by atoms with Gasteiger partial charge in [0.1, 0.15) is 0 Å². The summed E-state index contributed by atoms with van der Waals surface area (Å²) in [7, 11) is 0. The van der Waals surface area contributed by atoms with Gasteiger partial charge in [-0.2, -0.15) is 5.10 Å². The Morgan fingerprint density at radius 1 is 1.17 bits per heavy atom. The van der Waals surface area contributed by atoms with Gasteiger partial charge in [0.05, 0.1) is 5.39 Å². The van der Waals surface area contributed by atoms with Gasteiger partial charge in [0.15, 0.2) is 12.3 Å². The van der Waals surface area contributed by atoms with Gasteiger partial charge >= 0.3 is 5.97 Å². The van der Waals surface area contributed by atoms with Gasteiger partial charge in [-0.05, 0) is 18.9 Å². The smallest absolute Gasteiger partial charge is 0.359 e. The van der Waals surface area contributed by atoms with Crippen LogP contribution in [-0.2, 0) is 16.1 Å². The highest BCUT2D eigenvalue weighted by Crippen LogP contribution is 2.14. The molecule has 128 valence electrons. The minimum Gasteiger partial charge on any atom is -0.451 e. The molecule has 7 heteroatoms. The highest BCUT2D eigenvalue weighted by Gasteiger charge is 2.18. The largest absolute Gasteiger partial charge is 0.451 e. The molecule has 7 nitrogen and oxygen atoms in total. The molecule has 0 fully saturated rings. The second-order valence-electron chi connectivity index (χ2n) is 5.35. The van der Waals surface area contributed by atoms with E-state index in [4.69, 9.17) is 4.74 Å². The summed E-state index contributed by atoms with van der Waals surface area (Å²) < 4.78 is 6.30. The fourth-order valence-corrected chi connectivity index (χ4v) is 2.26. The van der Waals surface area contributed by atoms with Crippen molar-refractivity contribution < 1.29 is 14.3 Å². The van der Waals surface area contributed by atoms with Crippen LogP contribution >= 0.6 is 0 Å². The highest BCUT2D eigenvalue weighted by atomic mass is 16.5. The van der Waals surface area contributed by atoms with Crippen LogP contribution in [0.3, 0.4) is 0 Å². The summed E-state index contributed by atoms with van der Waals surface area (Å²) in [5.41, 5.74) is -0.202. The Morgan fingerprint density at radius 3 is 2.54 bits per heavy atom. The maximum Gasteiger partial charge on any atom is 0.359 e. The van der Waals surface area contributed by atoms with Crippen LogP contribution in [-0.4, -0.2) is 34.8 Å². The minimum absolute atomic E-state index is 0.0435. The molecule has 0 aliphatic heterocycles. The van der Waals surface area contributed by atoms with E-state index in [0.29, 0.717) is 30.3 Å². The molecule has 0 radical (unpaired) electrons. The summed E-state index contributed by atoms with van der Waals surface area (Å²) in [6.45, 7) is 4.40. The molecule has 0 spiro atoms. The van der Waals surface area contributed by atoms with Crippen molar-refractivity contribution in [3.8, 4) is 0 Å². The van der Waals surface area contributed by atoms with Gasteiger partial charge in [-0.1, -0.05) is 32.0 Å². The highest BCUT2D eigenvalue weighted by molar-refractivity contribution is 6.02. The molecule has 1 N–H and O–H groups in total. The summed E-state index contributed by atoms with van der Waals surface area (Å²) in [6, 6.07) is 6.75. The third kappa shape index (κ3) is 3.98. The Balaban J connectivity index is 2.30. The average Bonchev–Trinajstić information content (AvgIpc) is 2.60. The van der Waals surface area contributed by atoms with Crippen molar-refractivity contribution in [2.45, 2.75) is 33.2 Å². The quantitative estimate of drug-likeness (QED) is 0.776. The van der Waals surface area contributed by atoms with Crippen LogP contribution in [0.25, 0.3) is 10.8 Å². The molecule has 2 rings (SSSR count). The van der Waals surface area contributed by atoms with E-state index < -0.39 is 5.97 Å². The van der Waals surface area contributed by atoms with Gasteiger partial charge < -0.3 is 10.1 Å². The molecule has 1 aromatic carbocycles. The Morgan fingerprint density at radius 2 is 1.88 bits per heavy atom. The van der Waals surface area contributed by atoms with E-state index in [1.54, 1.807) is 24.3 Å². The zero-order chi connectivity index (χ0) is 17.5. The predicted molar refractivity (Wildman–Crippen MR) is 89.9 cm³/mol. The van der Waals surface area contributed by atoms with E-state index in [9.17, 15) is 14.4 Å². The minimum atomic E-state index is -0.720. The fraction of sp³-hybridized carbons (Fsp3) is 0.412. The lowest BCUT2D eigenvalue weighted by Crippen LogP contribution is -2.30. The van der Waals surface area contributed by atoms with E-state index in [1.807, 2.05) is 13.8 Å². The van der Waals surface area contributed by atoms with Crippen molar-refractivity contribution in [2.24, 2.45) is 0 Å². The third-order valence-electron chi connectivity index (χ3n) is 3.40. The lowest BCUT2D eigenvalue weighted by atomic mass is 10.1. The van der Waals surface area contributed by atoms with Crippen LogP contribution in [0, 0.1) is 0 Å². The molecule has 0 aliphatic carbocycles. The summed E-state index contributed by atoms with van der Waals surface area (Å²) >= 11 is 0.